The van der Waals surface area contributed by atoms with Gasteiger partial charge in [0.05, 0.1) is 0 Å². The van der Waals surface area contributed by atoms with Crippen molar-refractivity contribution in [2.24, 2.45) is 0 Å². The van der Waals surface area contributed by atoms with Crippen LogP contribution in [0.5, 0.6) is 0 Å². The molecule has 1 aromatic heterocycles. The van der Waals surface area contributed by atoms with Crippen LogP contribution in [0.2, 0.25) is 0 Å². The lowest BCUT2D eigenvalue weighted by Gasteiger charge is -2.11. The summed E-state index contributed by atoms with van der Waals surface area (Å²) in [6.07, 6.45) is 2.72. The molecule has 0 saturated heterocycles. The Morgan fingerprint density at radius 2 is 2.24 bits per heavy atom. The molecule has 3 N–H and O–H groups in total. The van der Waals surface area contributed by atoms with Crippen molar-refractivity contribution in [3.8, 4) is 0 Å². The van der Waals surface area contributed by atoms with Gasteiger partial charge in [0.25, 0.3) is 0 Å². The van der Waals surface area contributed by atoms with Crippen LogP contribution < -0.4 is 16.0 Å². The standard InChI is InChI=1S/C12H20N4O/c1-3-10(2)13-8-9-15-12(17)16-11-6-4-5-7-14-11/h4-7,10,13H,3,8-9H2,1-2H3,(H2,14,15,16,17). The number of pyridine rings is 1. The Bertz CT molecular complexity index is 329. The van der Waals surface area contributed by atoms with Crippen molar-refractivity contribution in [2.45, 2.75) is 26.3 Å². The topological polar surface area (TPSA) is 66.0 Å². The Balaban J connectivity index is 2.14. The van der Waals surface area contributed by atoms with Gasteiger partial charge in [-0.2, -0.15) is 0 Å². The van der Waals surface area contributed by atoms with Crippen LogP contribution in [0, 0.1) is 0 Å². The number of carbonyl (C=O) groups is 1. The molecule has 1 rings (SSSR count). The highest BCUT2D eigenvalue weighted by Crippen LogP contribution is 1.98. The van der Waals surface area contributed by atoms with Crippen molar-refractivity contribution in [1.82, 2.24) is 15.6 Å². The molecular weight excluding hydrogens is 216 g/mol. The number of amides is 2. The zero-order valence-corrected chi connectivity index (χ0v) is 10.4. The zero-order chi connectivity index (χ0) is 12.5. The molecule has 0 aliphatic carbocycles. The van der Waals surface area contributed by atoms with Gasteiger partial charge in [0, 0.05) is 25.3 Å². The van der Waals surface area contributed by atoms with E-state index in [2.05, 4.69) is 34.8 Å². The lowest BCUT2D eigenvalue weighted by molar-refractivity contribution is 0.252. The van der Waals surface area contributed by atoms with Gasteiger partial charge in [-0.3, -0.25) is 5.32 Å². The largest absolute Gasteiger partial charge is 0.337 e. The highest BCUT2D eigenvalue weighted by molar-refractivity contribution is 5.88. The third kappa shape index (κ3) is 5.87. The summed E-state index contributed by atoms with van der Waals surface area (Å²) in [4.78, 5) is 15.4. The van der Waals surface area contributed by atoms with E-state index in [9.17, 15) is 4.79 Å². The van der Waals surface area contributed by atoms with Crippen LogP contribution in [0.3, 0.4) is 0 Å². The molecule has 0 radical (unpaired) electrons. The van der Waals surface area contributed by atoms with Crippen LogP contribution in [-0.4, -0.2) is 30.1 Å². The van der Waals surface area contributed by atoms with E-state index < -0.39 is 0 Å². The van der Waals surface area contributed by atoms with Crippen molar-refractivity contribution in [2.75, 3.05) is 18.4 Å². The first-order valence-electron chi connectivity index (χ1n) is 5.91. The van der Waals surface area contributed by atoms with Crippen molar-refractivity contribution in [3.63, 3.8) is 0 Å². The van der Waals surface area contributed by atoms with Gasteiger partial charge in [0.1, 0.15) is 5.82 Å². The quantitative estimate of drug-likeness (QED) is 0.657. The smallest absolute Gasteiger partial charge is 0.320 e. The first kappa shape index (κ1) is 13.4. The molecule has 5 heteroatoms. The maximum atomic E-state index is 11.4. The molecule has 0 fully saturated rings. The number of nitrogens with zero attached hydrogens (tertiary/aromatic N) is 1. The number of aromatic nitrogens is 1. The van der Waals surface area contributed by atoms with Gasteiger partial charge >= 0.3 is 6.03 Å². The van der Waals surface area contributed by atoms with Gasteiger partial charge in [0.2, 0.25) is 0 Å². The molecule has 0 aliphatic rings. The summed E-state index contributed by atoms with van der Waals surface area (Å²) < 4.78 is 0. The highest BCUT2D eigenvalue weighted by atomic mass is 16.2. The minimum atomic E-state index is -0.227. The SMILES string of the molecule is CCC(C)NCCNC(=O)Nc1ccccn1. The van der Waals surface area contributed by atoms with Crippen molar-refractivity contribution in [1.29, 1.82) is 0 Å². The Morgan fingerprint density at radius 1 is 1.41 bits per heavy atom. The summed E-state index contributed by atoms with van der Waals surface area (Å²) in [5.41, 5.74) is 0. The van der Waals surface area contributed by atoms with Crippen LogP contribution in [0.1, 0.15) is 20.3 Å². The molecule has 0 bridgehead atoms. The number of carbonyl (C=O) groups excluding carboxylic acids is 1. The first-order chi connectivity index (χ1) is 8.22. The molecule has 1 heterocycles. The average Bonchev–Trinajstić information content (AvgIpc) is 2.35. The number of rotatable bonds is 6. The van der Waals surface area contributed by atoms with Crippen molar-refractivity contribution in [3.05, 3.63) is 24.4 Å². The van der Waals surface area contributed by atoms with Crippen LogP contribution in [0.25, 0.3) is 0 Å². The normalized spacial score (nSPS) is 11.9. The lowest BCUT2D eigenvalue weighted by Crippen LogP contribution is -2.37. The zero-order valence-electron chi connectivity index (χ0n) is 10.4. The molecule has 5 nitrogen and oxygen atoms in total. The fourth-order valence-electron chi connectivity index (χ4n) is 1.24. The molecular formula is C12H20N4O. The minimum absolute atomic E-state index is 0.227. The second-order valence-corrected chi connectivity index (χ2v) is 3.86. The summed E-state index contributed by atoms with van der Waals surface area (Å²) >= 11 is 0. The monoisotopic (exact) mass is 236 g/mol. The number of hydrogen-bond donors (Lipinski definition) is 3. The fraction of sp³-hybridized carbons (Fsp3) is 0.500. The van der Waals surface area contributed by atoms with E-state index in [4.69, 9.17) is 0 Å². The van der Waals surface area contributed by atoms with Gasteiger partial charge in [0.15, 0.2) is 0 Å². The van der Waals surface area contributed by atoms with E-state index in [0.717, 1.165) is 13.0 Å². The summed E-state index contributed by atoms with van der Waals surface area (Å²) in [5, 5.41) is 8.71. The van der Waals surface area contributed by atoms with E-state index >= 15 is 0 Å². The third-order valence-corrected chi connectivity index (χ3v) is 2.42. The number of nitrogens with one attached hydrogen (secondary N) is 3. The summed E-state index contributed by atoms with van der Waals surface area (Å²) in [6.45, 7) is 5.61. The summed E-state index contributed by atoms with van der Waals surface area (Å²) in [5.74, 6) is 0.555. The number of hydrogen-bond acceptors (Lipinski definition) is 3. The maximum Gasteiger partial charge on any atom is 0.320 e. The van der Waals surface area contributed by atoms with E-state index in [0.29, 0.717) is 18.4 Å². The first-order valence-corrected chi connectivity index (χ1v) is 5.91. The molecule has 1 atom stereocenters. The lowest BCUT2D eigenvalue weighted by atomic mass is 10.3. The third-order valence-electron chi connectivity index (χ3n) is 2.42. The van der Waals surface area contributed by atoms with Gasteiger partial charge in [-0.15, -0.1) is 0 Å². The Hall–Kier alpha value is -1.62. The Labute approximate surface area is 102 Å². The van der Waals surface area contributed by atoms with Crippen LogP contribution in [-0.2, 0) is 0 Å². The molecule has 0 saturated carbocycles. The van der Waals surface area contributed by atoms with E-state index in [1.165, 1.54) is 0 Å². The summed E-state index contributed by atoms with van der Waals surface area (Å²) in [6, 6.07) is 5.63. The van der Waals surface area contributed by atoms with Gasteiger partial charge < -0.3 is 10.6 Å². The number of anilines is 1. The Morgan fingerprint density at radius 3 is 2.88 bits per heavy atom. The van der Waals surface area contributed by atoms with Crippen LogP contribution in [0.15, 0.2) is 24.4 Å². The fourth-order valence-corrected chi connectivity index (χ4v) is 1.24. The maximum absolute atomic E-state index is 11.4. The Kier molecular flexibility index (Phi) is 6.03. The molecule has 1 aromatic rings. The predicted octanol–water partition coefficient (Wildman–Crippen LogP) is 1.59. The molecule has 0 aliphatic heterocycles. The summed E-state index contributed by atoms with van der Waals surface area (Å²) in [7, 11) is 0. The van der Waals surface area contributed by atoms with E-state index in [-0.39, 0.29) is 6.03 Å². The van der Waals surface area contributed by atoms with Gasteiger partial charge in [-0.25, -0.2) is 9.78 Å². The highest BCUT2D eigenvalue weighted by Gasteiger charge is 2.01. The minimum Gasteiger partial charge on any atom is -0.337 e. The molecule has 17 heavy (non-hydrogen) atoms. The molecule has 0 aromatic carbocycles. The van der Waals surface area contributed by atoms with Gasteiger partial charge in [-0.05, 0) is 25.5 Å². The number of urea groups is 1. The van der Waals surface area contributed by atoms with Crippen molar-refractivity contribution < 1.29 is 4.79 Å². The molecule has 1 unspecified atom stereocenters. The van der Waals surface area contributed by atoms with Crippen molar-refractivity contribution >= 4 is 11.8 Å². The average molecular weight is 236 g/mol. The van der Waals surface area contributed by atoms with E-state index in [1.54, 1.807) is 18.3 Å². The second kappa shape index (κ2) is 7.62. The van der Waals surface area contributed by atoms with E-state index in [1.807, 2.05) is 6.07 Å². The second-order valence-electron chi connectivity index (χ2n) is 3.86. The van der Waals surface area contributed by atoms with Gasteiger partial charge in [-0.1, -0.05) is 13.0 Å². The van der Waals surface area contributed by atoms with Crippen LogP contribution in [0.4, 0.5) is 10.6 Å². The van der Waals surface area contributed by atoms with Crippen LogP contribution >= 0.6 is 0 Å². The molecule has 2 amide bonds. The predicted molar refractivity (Wildman–Crippen MR) is 69.0 cm³/mol. The molecule has 94 valence electrons. The molecule has 0 spiro atoms.